The maximum Gasteiger partial charge on any atom is 0.435 e. The van der Waals surface area contributed by atoms with Crippen molar-refractivity contribution in [2.45, 2.75) is 20.3 Å². The lowest BCUT2D eigenvalue weighted by atomic mass is 10.1. The van der Waals surface area contributed by atoms with Gasteiger partial charge in [-0.1, -0.05) is 74.5 Å². The van der Waals surface area contributed by atoms with Gasteiger partial charge in [0.1, 0.15) is 0 Å². The van der Waals surface area contributed by atoms with Crippen molar-refractivity contribution >= 4 is 17.8 Å². The number of amides is 1. The zero-order valence-electron chi connectivity index (χ0n) is 14.9. The highest BCUT2D eigenvalue weighted by atomic mass is 16.6. The molecule has 1 N–H and O–H groups in total. The van der Waals surface area contributed by atoms with Gasteiger partial charge in [0.2, 0.25) is 0 Å². The number of rotatable bonds is 5. The van der Waals surface area contributed by atoms with Crippen molar-refractivity contribution in [3.8, 4) is 0 Å². The van der Waals surface area contributed by atoms with Crippen LogP contribution in [0.15, 0.2) is 70.9 Å². The second-order valence-electron chi connectivity index (χ2n) is 6.35. The molecule has 0 saturated carbocycles. The van der Waals surface area contributed by atoms with Crippen LogP contribution in [0.3, 0.4) is 0 Å². The van der Waals surface area contributed by atoms with Gasteiger partial charge in [-0.3, -0.25) is 5.43 Å². The molecule has 1 aliphatic heterocycles. The number of carbonyl (C=O) groups is 1. The normalized spacial score (nSPS) is 13.7. The van der Waals surface area contributed by atoms with E-state index in [9.17, 15) is 4.79 Å². The number of nitrogens with one attached hydrogen (secondary N) is 1. The van der Waals surface area contributed by atoms with Gasteiger partial charge < -0.3 is 4.74 Å². The van der Waals surface area contributed by atoms with Crippen LogP contribution in [0.4, 0.5) is 4.79 Å². The molecule has 1 heterocycles. The third-order valence-corrected chi connectivity index (χ3v) is 3.86. The molecule has 26 heavy (non-hydrogen) atoms. The van der Waals surface area contributed by atoms with Crippen molar-refractivity contribution in [1.82, 2.24) is 10.4 Å². The Labute approximate surface area is 153 Å². The summed E-state index contributed by atoms with van der Waals surface area (Å²) < 4.78 is 5.42. The first-order valence-corrected chi connectivity index (χ1v) is 8.65. The lowest BCUT2D eigenvalue weighted by Crippen LogP contribution is -2.52. The van der Waals surface area contributed by atoms with E-state index in [2.05, 4.69) is 29.5 Å². The maximum absolute atomic E-state index is 12.6. The molecule has 0 aliphatic carbocycles. The van der Waals surface area contributed by atoms with E-state index in [1.54, 1.807) is 0 Å². The number of amidine groups is 2. The number of carbonyl (C=O) groups excluding carboxylic acids is 1. The van der Waals surface area contributed by atoms with Crippen LogP contribution in [-0.4, -0.2) is 29.4 Å². The van der Waals surface area contributed by atoms with E-state index in [-0.39, 0.29) is 0 Å². The molecule has 0 radical (unpaired) electrons. The summed E-state index contributed by atoms with van der Waals surface area (Å²) in [7, 11) is 0. The lowest BCUT2D eigenvalue weighted by Gasteiger charge is -2.27. The predicted octanol–water partition coefficient (Wildman–Crippen LogP) is 3.80. The van der Waals surface area contributed by atoms with E-state index < -0.39 is 6.09 Å². The molecule has 0 fully saturated rings. The van der Waals surface area contributed by atoms with E-state index >= 15 is 0 Å². The number of hydrogen-bond acceptors (Lipinski definition) is 5. The molecule has 3 rings (SSSR count). The molecule has 6 heteroatoms. The zero-order chi connectivity index (χ0) is 18.4. The zero-order valence-corrected chi connectivity index (χ0v) is 14.9. The van der Waals surface area contributed by atoms with Crippen LogP contribution >= 0.6 is 0 Å². The Morgan fingerprint density at radius 3 is 2.23 bits per heavy atom. The van der Waals surface area contributed by atoms with Gasteiger partial charge in [-0.25, -0.2) is 4.79 Å². The largest absolute Gasteiger partial charge is 0.448 e. The Hall–Kier alpha value is -3.15. The summed E-state index contributed by atoms with van der Waals surface area (Å²) in [4.78, 5) is 12.6. The summed E-state index contributed by atoms with van der Waals surface area (Å²) in [6.45, 7) is 4.53. The number of nitrogens with zero attached hydrogens (tertiary/aromatic N) is 3. The van der Waals surface area contributed by atoms with Gasteiger partial charge in [-0.15, -0.1) is 10.2 Å². The molecular weight excluding hydrogens is 328 g/mol. The van der Waals surface area contributed by atoms with Crippen molar-refractivity contribution in [3.63, 3.8) is 0 Å². The number of benzene rings is 2. The van der Waals surface area contributed by atoms with Crippen LogP contribution < -0.4 is 5.43 Å². The van der Waals surface area contributed by atoms with Crippen LogP contribution in [-0.2, 0) is 4.74 Å². The summed E-state index contributed by atoms with van der Waals surface area (Å²) in [5.74, 6) is 1.35. The molecule has 0 saturated heterocycles. The molecule has 0 aromatic heterocycles. The van der Waals surface area contributed by atoms with Crippen LogP contribution in [0, 0.1) is 5.92 Å². The number of hydrazine groups is 1. The summed E-state index contributed by atoms with van der Waals surface area (Å²) in [5, 5.41) is 9.82. The SMILES string of the molecule is CC(C)CCOC(=O)N1NC(c2ccccc2)=NN=C1c1ccccc1. The van der Waals surface area contributed by atoms with Gasteiger partial charge >= 0.3 is 6.09 Å². The first-order valence-electron chi connectivity index (χ1n) is 8.65. The first-order chi connectivity index (χ1) is 12.6. The van der Waals surface area contributed by atoms with E-state index in [0.717, 1.165) is 17.5 Å². The van der Waals surface area contributed by atoms with Crippen molar-refractivity contribution in [1.29, 1.82) is 0 Å². The molecule has 134 valence electrons. The molecule has 0 atom stereocenters. The fourth-order valence-corrected chi connectivity index (χ4v) is 2.39. The third-order valence-electron chi connectivity index (χ3n) is 3.86. The van der Waals surface area contributed by atoms with E-state index in [4.69, 9.17) is 4.74 Å². The second kappa shape index (κ2) is 8.29. The average Bonchev–Trinajstić information content (AvgIpc) is 2.68. The molecule has 1 amide bonds. The second-order valence-corrected chi connectivity index (χ2v) is 6.35. The van der Waals surface area contributed by atoms with Crippen LogP contribution in [0.25, 0.3) is 0 Å². The van der Waals surface area contributed by atoms with Crippen molar-refractivity contribution in [2.24, 2.45) is 16.1 Å². The third kappa shape index (κ3) is 4.27. The average molecular weight is 350 g/mol. The van der Waals surface area contributed by atoms with Gasteiger partial charge in [0.05, 0.1) is 6.61 Å². The number of ether oxygens (including phenoxy) is 1. The fraction of sp³-hybridized carbons (Fsp3) is 0.250. The Morgan fingerprint density at radius 1 is 1.00 bits per heavy atom. The Bertz CT molecular complexity index is 801. The minimum absolute atomic E-state index is 0.356. The monoisotopic (exact) mass is 350 g/mol. The molecule has 6 nitrogen and oxygen atoms in total. The van der Waals surface area contributed by atoms with Gasteiger partial charge in [-0.05, 0) is 12.3 Å². The van der Waals surface area contributed by atoms with E-state index in [0.29, 0.717) is 24.2 Å². The fourth-order valence-electron chi connectivity index (χ4n) is 2.39. The summed E-state index contributed by atoms with van der Waals surface area (Å²) >= 11 is 0. The molecule has 2 aromatic rings. The van der Waals surface area contributed by atoms with Crippen LogP contribution in [0.1, 0.15) is 31.4 Å². The van der Waals surface area contributed by atoms with Gasteiger partial charge in [0.25, 0.3) is 0 Å². The Kier molecular flexibility index (Phi) is 5.63. The molecular formula is C20H22N4O2. The Morgan fingerprint density at radius 2 is 1.62 bits per heavy atom. The summed E-state index contributed by atoms with van der Waals surface area (Å²) in [6, 6.07) is 19.0. The molecule has 0 spiro atoms. The topological polar surface area (TPSA) is 66.3 Å². The highest BCUT2D eigenvalue weighted by molar-refractivity contribution is 6.11. The summed E-state index contributed by atoms with van der Waals surface area (Å²) in [6.07, 6.45) is 0.299. The number of hydrogen-bond donors (Lipinski definition) is 1. The van der Waals surface area contributed by atoms with Gasteiger partial charge in [0, 0.05) is 11.1 Å². The van der Waals surface area contributed by atoms with E-state index in [1.807, 2.05) is 60.7 Å². The molecule has 1 aliphatic rings. The molecule has 0 bridgehead atoms. The standard InChI is InChI=1S/C20H22N4O2/c1-15(2)13-14-26-20(25)24-19(17-11-7-4-8-12-17)22-21-18(23-24)16-9-5-3-6-10-16/h3-12,15H,13-14H2,1-2H3,(H,21,23). The van der Waals surface area contributed by atoms with Crippen molar-refractivity contribution in [3.05, 3.63) is 71.8 Å². The minimum Gasteiger partial charge on any atom is -0.448 e. The predicted molar refractivity (Wildman–Crippen MR) is 102 cm³/mol. The van der Waals surface area contributed by atoms with Crippen molar-refractivity contribution in [2.75, 3.05) is 6.61 Å². The lowest BCUT2D eigenvalue weighted by molar-refractivity contribution is 0.111. The molecule has 0 unspecified atom stereocenters. The van der Waals surface area contributed by atoms with Crippen LogP contribution in [0.2, 0.25) is 0 Å². The minimum atomic E-state index is -0.503. The first kappa shape index (κ1) is 17.7. The molecule has 2 aromatic carbocycles. The van der Waals surface area contributed by atoms with Crippen LogP contribution in [0.5, 0.6) is 0 Å². The van der Waals surface area contributed by atoms with Gasteiger partial charge in [-0.2, -0.15) is 5.01 Å². The maximum atomic E-state index is 12.6. The van der Waals surface area contributed by atoms with Gasteiger partial charge in [0.15, 0.2) is 11.7 Å². The highest BCUT2D eigenvalue weighted by Crippen LogP contribution is 2.13. The van der Waals surface area contributed by atoms with Crippen molar-refractivity contribution < 1.29 is 9.53 Å². The summed E-state index contributed by atoms with van der Waals surface area (Å²) in [5.41, 5.74) is 4.65. The quantitative estimate of drug-likeness (QED) is 0.892. The van der Waals surface area contributed by atoms with E-state index in [1.165, 1.54) is 5.01 Å². The highest BCUT2D eigenvalue weighted by Gasteiger charge is 2.27. The smallest absolute Gasteiger partial charge is 0.435 e. The Balaban J connectivity index is 1.86.